The smallest absolute Gasteiger partial charge is 0.389 e. The summed E-state index contributed by atoms with van der Waals surface area (Å²) in [5.74, 6) is -0.657. The molecule has 0 aromatic carbocycles. The van der Waals surface area contributed by atoms with E-state index in [0.29, 0.717) is 0 Å². The van der Waals surface area contributed by atoms with Crippen LogP contribution in [0.1, 0.15) is 12.8 Å². The first-order valence-electron chi connectivity index (χ1n) is 4.88. The number of ether oxygens (including phenoxy) is 2. The van der Waals surface area contributed by atoms with E-state index >= 15 is 0 Å². The Bertz CT molecular complexity index is 443. The number of hydrogen-bond acceptors (Lipinski definition) is 5. The number of halogens is 3. The molecule has 1 atom stereocenters. The van der Waals surface area contributed by atoms with Crippen LogP contribution in [0.15, 0.2) is 12.5 Å². The molecule has 0 fully saturated rings. The molecule has 0 saturated heterocycles. The van der Waals surface area contributed by atoms with Gasteiger partial charge in [0, 0.05) is 6.42 Å². The highest BCUT2D eigenvalue weighted by molar-refractivity contribution is 7.92. The molecule has 0 aliphatic carbocycles. The molecule has 0 radical (unpaired) electrons. The molecule has 0 bridgehead atoms. The monoisotopic (exact) mass is 285 g/mol. The highest BCUT2D eigenvalue weighted by Crippen LogP contribution is 2.24. The Hall–Kier alpha value is -1.43. The lowest BCUT2D eigenvalue weighted by Gasteiger charge is -2.15. The highest BCUT2D eigenvalue weighted by atomic mass is 32.2. The van der Waals surface area contributed by atoms with Gasteiger partial charge in [-0.1, -0.05) is 0 Å². The van der Waals surface area contributed by atoms with Gasteiger partial charge < -0.3 is 9.47 Å². The van der Waals surface area contributed by atoms with Gasteiger partial charge in [-0.15, -0.1) is 0 Å². The molecule has 1 heterocycles. The number of rotatable bonds is 5. The van der Waals surface area contributed by atoms with Gasteiger partial charge >= 0.3 is 6.18 Å². The zero-order chi connectivity index (χ0) is 13.8. The fraction of sp³-hybridized carbons (Fsp3) is 0.667. The average Bonchev–Trinajstić information content (AvgIpc) is 2.68. The summed E-state index contributed by atoms with van der Waals surface area (Å²) in [6, 6.07) is 1.37. The minimum absolute atomic E-state index is 0.657. The van der Waals surface area contributed by atoms with E-state index in [1.165, 1.54) is 6.07 Å². The van der Waals surface area contributed by atoms with E-state index in [1.807, 2.05) is 0 Å². The molecule has 0 aromatic heterocycles. The summed E-state index contributed by atoms with van der Waals surface area (Å²) < 4.78 is 68.7. The SMILES string of the molecule is N#CC(CCC(F)(F)F)S(=O)(=O)CC1OC=CO1. The lowest BCUT2D eigenvalue weighted by Crippen LogP contribution is -2.30. The maximum Gasteiger partial charge on any atom is 0.389 e. The van der Waals surface area contributed by atoms with Crippen molar-refractivity contribution in [2.75, 3.05) is 5.75 Å². The van der Waals surface area contributed by atoms with Crippen molar-refractivity contribution in [3.8, 4) is 6.07 Å². The van der Waals surface area contributed by atoms with Gasteiger partial charge in [0.15, 0.2) is 9.84 Å². The summed E-state index contributed by atoms with van der Waals surface area (Å²) in [5.41, 5.74) is 0. The molecule has 0 aromatic rings. The predicted octanol–water partition coefficient (Wildman–Crippen LogP) is 1.48. The standard InChI is InChI=1S/C9H10F3NO4S/c10-9(11,12)2-1-7(5-13)18(14,15)6-8-16-3-4-17-8/h3-4,7-8H,1-2,6H2. The van der Waals surface area contributed by atoms with E-state index in [9.17, 15) is 21.6 Å². The number of alkyl halides is 3. The van der Waals surface area contributed by atoms with Crippen LogP contribution in [0.4, 0.5) is 13.2 Å². The summed E-state index contributed by atoms with van der Waals surface area (Å²) in [7, 11) is -4.03. The lowest BCUT2D eigenvalue weighted by atomic mass is 10.2. The van der Waals surface area contributed by atoms with Crippen molar-refractivity contribution in [3.63, 3.8) is 0 Å². The molecule has 102 valence electrons. The van der Waals surface area contributed by atoms with Crippen molar-refractivity contribution < 1.29 is 31.1 Å². The second kappa shape index (κ2) is 5.48. The Morgan fingerprint density at radius 2 is 1.89 bits per heavy atom. The van der Waals surface area contributed by atoms with E-state index in [0.717, 1.165) is 12.5 Å². The van der Waals surface area contributed by atoms with Gasteiger partial charge in [-0.2, -0.15) is 18.4 Å². The minimum Gasteiger partial charge on any atom is -0.458 e. The van der Waals surface area contributed by atoms with Gasteiger partial charge in [-0.05, 0) is 6.42 Å². The van der Waals surface area contributed by atoms with E-state index < -0.39 is 46.1 Å². The molecule has 1 unspecified atom stereocenters. The first-order valence-corrected chi connectivity index (χ1v) is 6.60. The number of sulfone groups is 1. The van der Waals surface area contributed by atoms with Gasteiger partial charge in [0.1, 0.15) is 23.5 Å². The Morgan fingerprint density at radius 1 is 1.33 bits per heavy atom. The average molecular weight is 285 g/mol. The Kier molecular flexibility index (Phi) is 4.45. The Morgan fingerprint density at radius 3 is 2.33 bits per heavy atom. The first kappa shape index (κ1) is 14.6. The van der Waals surface area contributed by atoms with Crippen molar-refractivity contribution in [3.05, 3.63) is 12.5 Å². The Labute approximate surface area is 102 Å². The Balaban J connectivity index is 2.60. The third kappa shape index (κ3) is 4.44. The van der Waals surface area contributed by atoms with Crippen LogP contribution in [0.5, 0.6) is 0 Å². The van der Waals surface area contributed by atoms with Crippen molar-refractivity contribution in [1.29, 1.82) is 5.26 Å². The molecule has 1 aliphatic rings. The molecule has 18 heavy (non-hydrogen) atoms. The topological polar surface area (TPSA) is 76.4 Å². The summed E-state index contributed by atoms with van der Waals surface area (Å²) in [6.45, 7) is 0. The summed E-state index contributed by atoms with van der Waals surface area (Å²) >= 11 is 0. The second-order valence-electron chi connectivity index (χ2n) is 3.58. The van der Waals surface area contributed by atoms with Gasteiger partial charge in [-0.3, -0.25) is 0 Å². The number of hydrogen-bond donors (Lipinski definition) is 0. The number of nitrogens with zero attached hydrogens (tertiary/aromatic N) is 1. The molecule has 0 N–H and O–H groups in total. The van der Waals surface area contributed by atoms with Gasteiger partial charge in [0.05, 0.1) is 6.07 Å². The summed E-state index contributed by atoms with van der Waals surface area (Å²) in [6.07, 6.45) is -5.46. The van der Waals surface area contributed by atoms with Crippen molar-refractivity contribution in [2.45, 2.75) is 30.6 Å². The van der Waals surface area contributed by atoms with Crippen LogP contribution in [0.25, 0.3) is 0 Å². The normalized spacial score (nSPS) is 17.9. The quantitative estimate of drug-likeness (QED) is 0.764. The molecule has 0 saturated carbocycles. The van der Waals surface area contributed by atoms with E-state index in [1.54, 1.807) is 0 Å². The van der Waals surface area contributed by atoms with E-state index in [2.05, 4.69) is 0 Å². The molecule has 1 rings (SSSR count). The van der Waals surface area contributed by atoms with Crippen LogP contribution in [0.3, 0.4) is 0 Å². The van der Waals surface area contributed by atoms with Gasteiger partial charge in [0.2, 0.25) is 0 Å². The lowest BCUT2D eigenvalue weighted by molar-refractivity contribution is -0.135. The fourth-order valence-corrected chi connectivity index (χ4v) is 2.68. The zero-order valence-corrected chi connectivity index (χ0v) is 9.87. The van der Waals surface area contributed by atoms with Gasteiger partial charge in [0.25, 0.3) is 6.29 Å². The number of nitriles is 1. The highest BCUT2D eigenvalue weighted by Gasteiger charge is 2.35. The maximum absolute atomic E-state index is 12.0. The van der Waals surface area contributed by atoms with Crippen LogP contribution in [0, 0.1) is 11.3 Å². The third-order valence-corrected chi connectivity index (χ3v) is 4.10. The summed E-state index contributed by atoms with van der Waals surface area (Å²) in [4.78, 5) is 0. The van der Waals surface area contributed by atoms with Crippen LogP contribution in [0.2, 0.25) is 0 Å². The van der Waals surface area contributed by atoms with E-state index in [-0.39, 0.29) is 0 Å². The predicted molar refractivity (Wildman–Crippen MR) is 53.6 cm³/mol. The van der Waals surface area contributed by atoms with Crippen LogP contribution in [-0.2, 0) is 19.3 Å². The molecular weight excluding hydrogens is 275 g/mol. The molecular formula is C9H10F3NO4S. The molecule has 9 heteroatoms. The molecule has 0 amide bonds. The van der Waals surface area contributed by atoms with Crippen LogP contribution in [-0.4, -0.2) is 31.9 Å². The van der Waals surface area contributed by atoms with Crippen LogP contribution >= 0.6 is 0 Å². The van der Waals surface area contributed by atoms with E-state index in [4.69, 9.17) is 14.7 Å². The second-order valence-corrected chi connectivity index (χ2v) is 5.80. The molecule has 1 aliphatic heterocycles. The third-order valence-electron chi connectivity index (χ3n) is 2.15. The zero-order valence-electron chi connectivity index (χ0n) is 9.05. The van der Waals surface area contributed by atoms with Gasteiger partial charge in [-0.25, -0.2) is 8.42 Å². The van der Waals surface area contributed by atoms with Crippen molar-refractivity contribution >= 4 is 9.84 Å². The fourth-order valence-electron chi connectivity index (χ4n) is 1.28. The largest absolute Gasteiger partial charge is 0.458 e. The molecule has 5 nitrogen and oxygen atoms in total. The first-order chi connectivity index (χ1) is 8.24. The summed E-state index contributed by atoms with van der Waals surface area (Å²) in [5, 5.41) is 6.92. The minimum atomic E-state index is -4.49. The van der Waals surface area contributed by atoms with Crippen molar-refractivity contribution in [2.24, 2.45) is 0 Å². The maximum atomic E-state index is 12.0. The van der Waals surface area contributed by atoms with Crippen molar-refractivity contribution in [1.82, 2.24) is 0 Å². The van der Waals surface area contributed by atoms with Crippen LogP contribution < -0.4 is 0 Å². The molecule has 0 spiro atoms.